The average Bonchev–Trinajstić information content (AvgIpc) is 2.95. The molecule has 0 saturated heterocycles. The first-order valence-electron chi connectivity index (χ1n) is 8.49. The van der Waals surface area contributed by atoms with Gasteiger partial charge in [0, 0.05) is 12.4 Å². The topological polar surface area (TPSA) is 90.0 Å². The van der Waals surface area contributed by atoms with Crippen molar-refractivity contribution in [2.45, 2.75) is 13.1 Å². The van der Waals surface area contributed by atoms with Gasteiger partial charge in [0.25, 0.3) is 0 Å². The van der Waals surface area contributed by atoms with Gasteiger partial charge < -0.3 is 5.11 Å². The monoisotopic (exact) mass is 378 g/mol. The summed E-state index contributed by atoms with van der Waals surface area (Å²) in [5, 5.41) is 9.28. The lowest BCUT2D eigenvalue weighted by Crippen LogP contribution is -2.25. The van der Waals surface area contributed by atoms with Crippen molar-refractivity contribution in [3.63, 3.8) is 0 Å². The SMILES string of the molecule is O=C(O)c1cnc2c(c1)n(Cc1ccccn1)c(=O)n2Cc1ccc(F)cc1. The molecule has 0 fully saturated rings. The van der Waals surface area contributed by atoms with Crippen LogP contribution in [0.15, 0.2) is 65.7 Å². The molecular formula is C20H15FN4O3. The Balaban J connectivity index is 1.87. The Morgan fingerprint density at radius 1 is 1.04 bits per heavy atom. The summed E-state index contributed by atoms with van der Waals surface area (Å²) in [5.74, 6) is -1.49. The first kappa shape index (κ1) is 17.6. The van der Waals surface area contributed by atoms with Crippen LogP contribution >= 0.6 is 0 Å². The summed E-state index contributed by atoms with van der Waals surface area (Å²) in [7, 11) is 0. The molecule has 140 valence electrons. The standard InChI is InChI=1S/C20H15FN4O3/c21-15-6-4-13(5-7-15)11-25-18-17(9-14(10-23-18)19(26)27)24(20(25)28)12-16-3-1-2-8-22-16/h1-10H,11-12H2,(H,26,27). The fourth-order valence-electron chi connectivity index (χ4n) is 3.03. The molecule has 3 aromatic heterocycles. The molecule has 3 heterocycles. The normalized spacial score (nSPS) is 11.0. The van der Waals surface area contributed by atoms with E-state index in [0.29, 0.717) is 16.9 Å². The molecule has 1 aromatic carbocycles. The van der Waals surface area contributed by atoms with Crippen molar-refractivity contribution in [1.82, 2.24) is 19.1 Å². The van der Waals surface area contributed by atoms with Gasteiger partial charge in [-0.05, 0) is 35.9 Å². The highest BCUT2D eigenvalue weighted by molar-refractivity contribution is 5.91. The Bertz CT molecular complexity index is 1210. The quantitative estimate of drug-likeness (QED) is 0.576. The fraction of sp³-hybridized carbons (Fsp3) is 0.100. The fourth-order valence-corrected chi connectivity index (χ4v) is 3.03. The predicted octanol–water partition coefficient (Wildman–Crippen LogP) is 2.53. The van der Waals surface area contributed by atoms with E-state index >= 15 is 0 Å². The zero-order valence-electron chi connectivity index (χ0n) is 14.6. The van der Waals surface area contributed by atoms with Crippen LogP contribution in [0.1, 0.15) is 21.6 Å². The van der Waals surface area contributed by atoms with Crippen LogP contribution < -0.4 is 5.69 Å². The molecule has 7 nitrogen and oxygen atoms in total. The molecular weight excluding hydrogens is 363 g/mol. The van der Waals surface area contributed by atoms with Gasteiger partial charge in [-0.3, -0.25) is 14.1 Å². The lowest BCUT2D eigenvalue weighted by atomic mass is 10.2. The molecule has 0 aliphatic carbocycles. The molecule has 0 spiro atoms. The smallest absolute Gasteiger partial charge is 0.337 e. The van der Waals surface area contributed by atoms with E-state index in [1.807, 2.05) is 6.07 Å². The van der Waals surface area contributed by atoms with Gasteiger partial charge in [0.15, 0.2) is 5.65 Å². The summed E-state index contributed by atoms with van der Waals surface area (Å²) < 4.78 is 16.1. The van der Waals surface area contributed by atoms with Crippen LogP contribution in [0.5, 0.6) is 0 Å². The van der Waals surface area contributed by atoms with Crippen molar-refractivity contribution in [3.8, 4) is 0 Å². The van der Waals surface area contributed by atoms with Crippen molar-refractivity contribution in [2.75, 3.05) is 0 Å². The van der Waals surface area contributed by atoms with Crippen LogP contribution in [0.3, 0.4) is 0 Å². The van der Waals surface area contributed by atoms with E-state index < -0.39 is 5.97 Å². The molecule has 0 unspecified atom stereocenters. The second-order valence-corrected chi connectivity index (χ2v) is 6.27. The highest BCUT2D eigenvalue weighted by atomic mass is 19.1. The van der Waals surface area contributed by atoms with Gasteiger partial charge in [-0.15, -0.1) is 0 Å². The largest absolute Gasteiger partial charge is 0.478 e. The number of carboxylic acid groups (broad SMARTS) is 1. The van der Waals surface area contributed by atoms with Crippen molar-refractivity contribution in [2.24, 2.45) is 0 Å². The number of halogens is 1. The van der Waals surface area contributed by atoms with E-state index in [4.69, 9.17) is 0 Å². The Morgan fingerprint density at radius 3 is 2.50 bits per heavy atom. The number of aromatic carboxylic acids is 1. The number of pyridine rings is 2. The number of nitrogens with zero attached hydrogens (tertiary/aromatic N) is 4. The molecule has 4 aromatic rings. The Morgan fingerprint density at radius 2 is 1.82 bits per heavy atom. The molecule has 0 atom stereocenters. The molecule has 0 aliphatic rings. The minimum Gasteiger partial charge on any atom is -0.478 e. The van der Waals surface area contributed by atoms with Crippen LogP contribution in [0.25, 0.3) is 11.2 Å². The molecule has 1 N–H and O–H groups in total. The minimum atomic E-state index is -1.13. The number of carbonyl (C=O) groups is 1. The third-order valence-corrected chi connectivity index (χ3v) is 4.40. The number of imidazole rings is 1. The number of hydrogen-bond acceptors (Lipinski definition) is 4. The van der Waals surface area contributed by atoms with Gasteiger partial charge in [0.1, 0.15) is 5.82 Å². The first-order chi connectivity index (χ1) is 13.5. The average molecular weight is 378 g/mol. The number of carboxylic acids is 1. The Labute approximate surface area is 158 Å². The maximum absolute atomic E-state index is 13.2. The zero-order valence-corrected chi connectivity index (χ0v) is 14.6. The van der Waals surface area contributed by atoms with Crippen LogP contribution in [-0.2, 0) is 13.1 Å². The number of fused-ring (bicyclic) bond motifs is 1. The second-order valence-electron chi connectivity index (χ2n) is 6.27. The van der Waals surface area contributed by atoms with Crippen LogP contribution in [0.4, 0.5) is 4.39 Å². The summed E-state index contributed by atoms with van der Waals surface area (Å²) in [4.78, 5) is 32.9. The third-order valence-electron chi connectivity index (χ3n) is 4.40. The maximum atomic E-state index is 13.2. The lowest BCUT2D eigenvalue weighted by molar-refractivity contribution is 0.0696. The summed E-state index contributed by atoms with van der Waals surface area (Å²) >= 11 is 0. The molecule has 0 bridgehead atoms. The molecule has 4 rings (SSSR count). The summed E-state index contributed by atoms with van der Waals surface area (Å²) in [6, 6.07) is 12.6. The van der Waals surface area contributed by atoms with Gasteiger partial charge in [0.05, 0.1) is 29.9 Å². The number of rotatable bonds is 5. The van der Waals surface area contributed by atoms with Crippen molar-refractivity contribution < 1.29 is 14.3 Å². The Hall–Kier alpha value is -3.81. The molecule has 8 heteroatoms. The maximum Gasteiger partial charge on any atom is 0.337 e. The van der Waals surface area contributed by atoms with Crippen LogP contribution in [0.2, 0.25) is 0 Å². The van der Waals surface area contributed by atoms with Gasteiger partial charge >= 0.3 is 11.7 Å². The van der Waals surface area contributed by atoms with Crippen LogP contribution in [-0.4, -0.2) is 30.2 Å². The Kier molecular flexibility index (Phi) is 4.44. The van der Waals surface area contributed by atoms with E-state index in [0.717, 1.165) is 5.56 Å². The van der Waals surface area contributed by atoms with Gasteiger partial charge in [-0.1, -0.05) is 18.2 Å². The van der Waals surface area contributed by atoms with E-state index in [-0.39, 0.29) is 30.2 Å². The molecule has 0 radical (unpaired) electrons. The van der Waals surface area contributed by atoms with E-state index in [1.54, 1.807) is 30.5 Å². The zero-order chi connectivity index (χ0) is 19.7. The molecule has 28 heavy (non-hydrogen) atoms. The number of benzene rings is 1. The molecule has 0 saturated carbocycles. The first-order valence-corrected chi connectivity index (χ1v) is 8.49. The van der Waals surface area contributed by atoms with Crippen molar-refractivity contribution in [1.29, 1.82) is 0 Å². The number of hydrogen-bond donors (Lipinski definition) is 1. The van der Waals surface area contributed by atoms with Gasteiger partial charge in [-0.2, -0.15) is 0 Å². The summed E-state index contributed by atoms with van der Waals surface area (Å²) in [5.41, 5.74) is 1.78. The summed E-state index contributed by atoms with van der Waals surface area (Å²) in [6.45, 7) is 0.363. The lowest BCUT2D eigenvalue weighted by Gasteiger charge is -2.03. The number of aromatic nitrogens is 4. The minimum absolute atomic E-state index is 0.0128. The van der Waals surface area contributed by atoms with Gasteiger partial charge in [0.2, 0.25) is 0 Å². The predicted molar refractivity (Wildman–Crippen MR) is 99.8 cm³/mol. The highest BCUT2D eigenvalue weighted by Gasteiger charge is 2.17. The van der Waals surface area contributed by atoms with E-state index in [1.165, 1.54) is 33.5 Å². The van der Waals surface area contributed by atoms with Crippen LogP contribution in [0, 0.1) is 5.82 Å². The highest BCUT2D eigenvalue weighted by Crippen LogP contribution is 2.16. The summed E-state index contributed by atoms with van der Waals surface area (Å²) in [6.07, 6.45) is 2.84. The van der Waals surface area contributed by atoms with E-state index in [2.05, 4.69) is 9.97 Å². The van der Waals surface area contributed by atoms with Gasteiger partial charge in [-0.25, -0.2) is 19.0 Å². The van der Waals surface area contributed by atoms with E-state index in [9.17, 15) is 19.1 Å². The van der Waals surface area contributed by atoms with Crippen molar-refractivity contribution >= 4 is 17.1 Å². The molecule has 0 amide bonds. The van der Waals surface area contributed by atoms with Crippen molar-refractivity contribution in [3.05, 3.63) is 94.0 Å². The molecule has 0 aliphatic heterocycles. The second kappa shape index (κ2) is 7.07. The third kappa shape index (κ3) is 3.27.